The second kappa shape index (κ2) is 18.3. The zero-order valence-corrected chi connectivity index (χ0v) is 15.9. The number of hydrogen-bond donors (Lipinski definition) is 0. The van der Waals surface area contributed by atoms with Crippen LogP contribution in [0.4, 0.5) is 0 Å². The second-order valence-electron chi connectivity index (χ2n) is 6.48. The van der Waals surface area contributed by atoms with Crippen molar-refractivity contribution in [2.75, 3.05) is 13.2 Å². The predicted molar refractivity (Wildman–Crippen MR) is 97.9 cm³/mol. The Morgan fingerprint density at radius 1 is 0.542 bits per heavy atom. The molecule has 0 aliphatic rings. The van der Waals surface area contributed by atoms with E-state index in [1.165, 1.54) is 0 Å². The van der Waals surface area contributed by atoms with Crippen LogP contribution < -0.4 is 0 Å². The molecule has 4 nitrogen and oxygen atoms in total. The van der Waals surface area contributed by atoms with E-state index in [1.54, 1.807) is 0 Å². The van der Waals surface area contributed by atoms with Gasteiger partial charge >= 0.3 is 11.9 Å². The number of rotatable bonds is 17. The van der Waals surface area contributed by atoms with Crippen LogP contribution in [0.5, 0.6) is 0 Å². The molecule has 0 fully saturated rings. The van der Waals surface area contributed by atoms with Crippen molar-refractivity contribution < 1.29 is 19.1 Å². The highest BCUT2D eigenvalue weighted by Gasteiger charge is 2.04. The minimum Gasteiger partial charge on any atom is -0.466 e. The first kappa shape index (κ1) is 22.9. The van der Waals surface area contributed by atoms with Crippen LogP contribution in [0.1, 0.15) is 104 Å². The van der Waals surface area contributed by atoms with Crippen molar-refractivity contribution in [2.24, 2.45) is 0 Å². The molecule has 0 unspecified atom stereocenters. The third-order valence-corrected chi connectivity index (χ3v) is 4.03. The van der Waals surface area contributed by atoms with Gasteiger partial charge in [-0.15, -0.1) is 0 Å². The van der Waals surface area contributed by atoms with E-state index in [4.69, 9.17) is 9.47 Å². The normalized spacial score (nSPS) is 10.6. The largest absolute Gasteiger partial charge is 0.466 e. The molecule has 0 bridgehead atoms. The molecule has 0 atom stereocenters. The molecule has 0 heterocycles. The van der Waals surface area contributed by atoms with Crippen LogP contribution in [0.3, 0.4) is 0 Å². The van der Waals surface area contributed by atoms with Crippen molar-refractivity contribution in [2.45, 2.75) is 104 Å². The molecule has 0 rings (SSSR count). The Morgan fingerprint density at radius 3 is 1.29 bits per heavy atom. The number of unbranched alkanes of at least 4 members (excludes halogenated alkanes) is 9. The van der Waals surface area contributed by atoms with Crippen molar-refractivity contribution >= 4 is 11.9 Å². The molecule has 0 spiro atoms. The van der Waals surface area contributed by atoms with E-state index in [1.807, 2.05) is 0 Å². The highest BCUT2D eigenvalue weighted by atomic mass is 16.5. The van der Waals surface area contributed by atoms with Crippen LogP contribution in [0.2, 0.25) is 0 Å². The molecule has 0 aliphatic carbocycles. The smallest absolute Gasteiger partial charge is 0.305 e. The van der Waals surface area contributed by atoms with Crippen molar-refractivity contribution in [1.82, 2.24) is 0 Å². The topological polar surface area (TPSA) is 52.6 Å². The van der Waals surface area contributed by atoms with Gasteiger partial charge in [-0.3, -0.25) is 9.59 Å². The summed E-state index contributed by atoms with van der Waals surface area (Å²) in [5, 5.41) is 0. The van der Waals surface area contributed by atoms with Crippen LogP contribution in [-0.4, -0.2) is 25.2 Å². The summed E-state index contributed by atoms with van der Waals surface area (Å²) in [7, 11) is 0. The van der Waals surface area contributed by atoms with Crippen LogP contribution in [0.25, 0.3) is 0 Å². The molecule has 0 aliphatic heterocycles. The first-order valence-electron chi connectivity index (χ1n) is 10.0. The van der Waals surface area contributed by atoms with E-state index in [-0.39, 0.29) is 11.9 Å². The highest BCUT2D eigenvalue weighted by Crippen LogP contribution is 2.10. The van der Waals surface area contributed by atoms with Gasteiger partial charge < -0.3 is 9.47 Å². The molecule has 0 saturated heterocycles. The zero-order chi connectivity index (χ0) is 17.9. The Morgan fingerprint density at radius 2 is 0.917 bits per heavy atom. The van der Waals surface area contributed by atoms with Crippen molar-refractivity contribution in [3.05, 3.63) is 0 Å². The van der Waals surface area contributed by atoms with Gasteiger partial charge in [0.25, 0.3) is 0 Å². The van der Waals surface area contributed by atoms with Gasteiger partial charge in [-0.25, -0.2) is 0 Å². The molecule has 4 heteroatoms. The lowest BCUT2D eigenvalue weighted by Crippen LogP contribution is -2.05. The molecule has 0 radical (unpaired) electrons. The Balaban J connectivity index is 3.24. The number of carbonyl (C=O) groups excluding carboxylic acids is 2. The van der Waals surface area contributed by atoms with Gasteiger partial charge in [0.05, 0.1) is 13.2 Å². The van der Waals surface area contributed by atoms with E-state index in [2.05, 4.69) is 13.8 Å². The predicted octanol–water partition coefficient (Wildman–Crippen LogP) is 5.57. The summed E-state index contributed by atoms with van der Waals surface area (Å²) in [5.41, 5.74) is 0. The van der Waals surface area contributed by atoms with Crippen LogP contribution in [-0.2, 0) is 19.1 Å². The maximum absolute atomic E-state index is 11.5. The van der Waals surface area contributed by atoms with Gasteiger partial charge in [0.15, 0.2) is 0 Å². The Labute approximate surface area is 148 Å². The number of carbonyl (C=O) groups is 2. The third-order valence-electron chi connectivity index (χ3n) is 4.03. The highest BCUT2D eigenvalue weighted by molar-refractivity contribution is 5.69. The third kappa shape index (κ3) is 17.3. The monoisotopic (exact) mass is 342 g/mol. The van der Waals surface area contributed by atoms with Crippen molar-refractivity contribution in [3.8, 4) is 0 Å². The molecule has 0 aromatic heterocycles. The van der Waals surface area contributed by atoms with Crippen LogP contribution >= 0.6 is 0 Å². The molecular formula is C20H38O4. The summed E-state index contributed by atoms with van der Waals surface area (Å²) in [5.74, 6) is -0.117. The Hall–Kier alpha value is -1.06. The summed E-state index contributed by atoms with van der Waals surface area (Å²) in [6.45, 7) is 5.42. The molecular weight excluding hydrogens is 304 g/mol. The van der Waals surface area contributed by atoms with Gasteiger partial charge in [0, 0.05) is 12.8 Å². The van der Waals surface area contributed by atoms with E-state index < -0.39 is 0 Å². The lowest BCUT2D eigenvalue weighted by molar-refractivity contribution is -0.144. The van der Waals surface area contributed by atoms with Gasteiger partial charge in [-0.2, -0.15) is 0 Å². The quantitative estimate of drug-likeness (QED) is 0.256. The summed E-state index contributed by atoms with van der Waals surface area (Å²) in [6.07, 6.45) is 13.7. The number of ether oxygens (including phenoxy) is 2. The molecule has 142 valence electrons. The SMILES string of the molecule is CCCCCOC(=O)CCCCCCCCC(=O)OCCCCC. The maximum atomic E-state index is 11.5. The summed E-state index contributed by atoms with van der Waals surface area (Å²) >= 11 is 0. The van der Waals surface area contributed by atoms with Crippen LogP contribution in [0.15, 0.2) is 0 Å². The molecule has 0 amide bonds. The minimum atomic E-state index is -0.0584. The molecule has 0 aromatic rings. The summed E-state index contributed by atoms with van der Waals surface area (Å²) < 4.78 is 10.3. The number of hydrogen-bond acceptors (Lipinski definition) is 4. The van der Waals surface area contributed by atoms with Crippen molar-refractivity contribution in [3.63, 3.8) is 0 Å². The first-order valence-corrected chi connectivity index (χ1v) is 10.0. The summed E-state index contributed by atoms with van der Waals surface area (Å²) in [4.78, 5) is 22.9. The zero-order valence-electron chi connectivity index (χ0n) is 15.9. The van der Waals surface area contributed by atoms with E-state index in [9.17, 15) is 9.59 Å². The minimum absolute atomic E-state index is 0.0584. The van der Waals surface area contributed by atoms with Crippen LogP contribution in [0, 0.1) is 0 Å². The lowest BCUT2D eigenvalue weighted by Gasteiger charge is -2.05. The first-order chi connectivity index (χ1) is 11.7. The van der Waals surface area contributed by atoms with Crippen molar-refractivity contribution in [1.29, 1.82) is 0 Å². The fraction of sp³-hybridized carbons (Fsp3) is 0.900. The molecule has 0 saturated carbocycles. The number of esters is 2. The molecule has 0 aromatic carbocycles. The lowest BCUT2D eigenvalue weighted by atomic mass is 10.1. The van der Waals surface area contributed by atoms with Gasteiger partial charge in [0.2, 0.25) is 0 Å². The standard InChI is InChI=1S/C20H38O4/c1-3-5-13-17-23-19(21)15-11-9-7-8-10-12-16-20(22)24-18-14-6-4-2/h3-18H2,1-2H3. The average Bonchev–Trinajstić information content (AvgIpc) is 2.58. The fourth-order valence-corrected chi connectivity index (χ4v) is 2.47. The van der Waals surface area contributed by atoms with Gasteiger partial charge in [-0.1, -0.05) is 65.2 Å². The van der Waals surface area contributed by atoms with E-state index in [0.29, 0.717) is 26.1 Å². The summed E-state index contributed by atoms with van der Waals surface area (Å²) in [6, 6.07) is 0. The van der Waals surface area contributed by atoms with Gasteiger partial charge in [0.1, 0.15) is 0 Å². The Kier molecular flexibility index (Phi) is 17.5. The van der Waals surface area contributed by atoms with E-state index in [0.717, 1.165) is 77.0 Å². The maximum Gasteiger partial charge on any atom is 0.305 e. The molecule has 24 heavy (non-hydrogen) atoms. The molecule has 0 N–H and O–H groups in total. The Bertz CT molecular complexity index is 272. The fourth-order valence-electron chi connectivity index (χ4n) is 2.47. The van der Waals surface area contributed by atoms with Gasteiger partial charge in [-0.05, 0) is 25.7 Å². The average molecular weight is 343 g/mol. The van der Waals surface area contributed by atoms with E-state index >= 15 is 0 Å². The second-order valence-corrected chi connectivity index (χ2v) is 6.48.